The van der Waals surface area contributed by atoms with Crippen molar-refractivity contribution in [2.24, 2.45) is 0 Å². The van der Waals surface area contributed by atoms with Gasteiger partial charge in [0.1, 0.15) is 5.60 Å². The van der Waals surface area contributed by atoms with Gasteiger partial charge in [-0.1, -0.05) is 0 Å². The molecule has 5 heteroatoms. The van der Waals surface area contributed by atoms with Crippen molar-refractivity contribution in [3.63, 3.8) is 0 Å². The van der Waals surface area contributed by atoms with E-state index in [0.717, 1.165) is 26.1 Å². The molecule has 0 aliphatic carbocycles. The van der Waals surface area contributed by atoms with Gasteiger partial charge in [-0.25, -0.2) is 4.79 Å². The minimum Gasteiger partial charge on any atom is -0.444 e. The molecule has 0 aromatic carbocycles. The average Bonchev–Trinajstić information content (AvgIpc) is 2.18. The Morgan fingerprint density at radius 2 is 1.83 bits per heavy atom. The second-order valence-corrected chi connectivity index (χ2v) is 5.45. The predicted molar refractivity (Wildman–Crippen MR) is 72.8 cm³/mol. The largest absolute Gasteiger partial charge is 0.444 e. The number of hydrogen-bond acceptors (Lipinski definition) is 4. The van der Waals surface area contributed by atoms with Gasteiger partial charge in [-0.05, 0) is 47.6 Å². The zero-order valence-corrected chi connectivity index (χ0v) is 12.3. The minimum atomic E-state index is -0.439. The number of carbonyl (C=O) groups is 1. The van der Waals surface area contributed by atoms with Crippen LogP contribution in [0.3, 0.4) is 0 Å². The molecule has 0 radical (unpaired) electrons. The highest BCUT2D eigenvalue weighted by atomic mass is 16.6. The lowest BCUT2D eigenvalue weighted by molar-refractivity contribution is 0.0527. The molecule has 0 atom stereocenters. The van der Waals surface area contributed by atoms with Gasteiger partial charge in [-0.3, -0.25) is 0 Å². The molecular formula is C13H28N2O3. The Bertz CT molecular complexity index is 225. The Labute approximate surface area is 111 Å². The Hall–Kier alpha value is -0.810. The van der Waals surface area contributed by atoms with Crippen LogP contribution in [0.1, 0.15) is 41.0 Å². The number of nitrogens with one attached hydrogen (secondary N) is 2. The van der Waals surface area contributed by atoms with Gasteiger partial charge in [-0.15, -0.1) is 0 Å². The molecule has 0 aromatic rings. The molecule has 5 nitrogen and oxygen atoms in total. The van der Waals surface area contributed by atoms with Crippen molar-refractivity contribution in [1.29, 1.82) is 0 Å². The molecule has 0 rings (SSSR count). The van der Waals surface area contributed by atoms with E-state index in [4.69, 9.17) is 9.47 Å². The normalized spacial score (nSPS) is 11.7. The SMILES string of the molecule is CC(C)OCCCNCCNC(=O)OC(C)(C)C. The molecule has 18 heavy (non-hydrogen) atoms. The first-order chi connectivity index (χ1) is 8.31. The predicted octanol–water partition coefficient (Wildman–Crippen LogP) is 1.92. The van der Waals surface area contributed by atoms with Crippen LogP contribution in [0.4, 0.5) is 4.79 Å². The van der Waals surface area contributed by atoms with Crippen molar-refractivity contribution >= 4 is 6.09 Å². The summed E-state index contributed by atoms with van der Waals surface area (Å²) in [6.07, 6.45) is 0.899. The summed E-state index contributed by atoms with van der Waals surface area (Å²) in [4.78, 5) is 11.3. The van der Waals surface area contributed by atoms with E-state index in [0.29, 0.717) is 12.6 Å². The summed E-state index contributed by atoms with van der Waals surface area (Å²) in [5.41, 5.74) is -0.439. The second kappa shape index (κ2) is 9.16. The summed E-state index contributed by atoms with van der Waals surface area (Å²) in [5.74, 6) is 0. The number of ether oxygens (including phenoxy) is 2. The topological polar surface area (TPSA) is 59.6 Å². The lowest BCUT2D eigenvalue weighted by Crippen LogP contribution is -2.36. The Morgan fingerprint density at radius 3 is 2.39 bits per heavy atom. The van der Waals surface area contributed by atoms with E-state index >= 15 is 0 Å². The zero-order chi connectivity index (χ0) is 14.0. The third kappa shape index (κ3) is 13.3. The second-order valence-electron chi connectivity index (χ2n) is 5.45. The lowest BCUT2D eigenvalue weighted by Gasteiger charge is -2.19. The molecule has 0 aliphatic heterocycles. The first-order valence-electron chi connectivity index (χ1n) is 6.60. The van der Waals surface area contributed by atoms with Crippen molar-refractivity contribution in [3.05, 3.63) is 0 Å². The van der Waals surface area contributed by atoms with Gasteiger partial charge in [0.2, 0.25) is 0 Å². The maximum atomic E-state index is 11.3. The van der Waals surface area contributed by atoms with Crippen LogP contribution in [0.25, 0.3) is 0 Å². The van der Waals surface area contributed by atoms with E-state index in [1.807, 2.05) is 34.6 Å². The van der Waals surface area contributed by atoms with E-state index < -0.39 is 5.60 Å². The molecule has 0 aromatic heterocycles. The van der Waals surface area contributed by atoms with Gasteiger partial charge in [0, 0.05) is 19.7 Å². The highest BCUT2D eigenvalue weighted by Gasteiger charge is 2.15. The van der Waals surface area contributed by atoms with Crippen molar-refractivity contribution in [2.75, 3.05) is 26.2 Å². The van der Waals surface area contributed by atoms with Gasteiger partial charge < -0.3 is 20.1 Å². The van der Waals surface area contributed by atoms with Gasteiger partial charge in [0.05, 0.1) is 6.10 Å². The number of amides is 1. The van der Waals surface area contributed by atoms with Crippen molar-refractivity contribution in [3.8, 4) is 0 Å². The van der Waals surface area contributed by atoms with E-state index in [9.17, 15) is 4.79 Å². The van der Waals surface area contributed by atoms with Gasteiger partial charge in [0.25, 0.3) is 0 Å². The monoisotopic (exact) mass is 260 g/mol. The summed E-state index contributed by atoms with van der Waals surface area (Å²) in [6, 6.07) is 0. The Balaban J connectivity index is 3.28. The minimum absolute atomic E-state index is 0.291. The summed E-state index contributed by atoms with van der Waals surface area (Å²) < 4.78 is 10.5. The molecule has 0 unspecified atom stereocenters. The van der Waals surface area contributed by atoms with E-state index in [1.54, 1.807) is 0 Å². The molecule has 0 heterocycles. The standard InChI is InChI=1S/C13H28N2O3/c1-11(2)17-10-6-7-14-8-9-15-12(16)18-13(3,4)5/h11,14H,6-10H2,1-5H3,(H,15,16). The van der Waals surface area contributed by atoms with Gasteiger partial charge >= 0.3 is 6.09 Å². The highest BCUT2D eigenvalue weighted by molar-refractivity contribution is 5.67. The zero-order valence-electron chi connectivity index (χ0n) is 12.3. The molecule has 0 saturated carbocycles. The fourth-order valence-electron chi connectivity index (χ4n) is 1.21. The summed E-state index contributed by atoms with van der Waals surface area (Å²) in [6.45, 7) is 12.6. The lowest BCUT2D eigenvalue weighted by atomic mass is 10.2. The third-order valence-electron chi connectivity index (χ3n) is 1.92. The van der Waals surface area contributed by atoms with Crippen LogP contribution in [0.5, 0.6) is 0 Å². The average molecular weight is 260 g/mol. The number of rotatable bonds is 8. The molecule has 0 bridgehead atoms. The Morgan fingerprint density at radius 1 is 1.17 bits per heavy atom. The summed E-state index contributed by atoms with van der Waals surface area (Å²) in [7, 11) is 0. The molecule has 0 aliphatic rings. The first kappa shape index (κ1) is 17.2. The smallest absolute Gasteiger partial charge is 0.407 e. The maximum absolute atomic E-state index is 11.3. The number of hydrogen-bond donors (Lipinski definition) is 2. The van der Waals surface area contributed by atoms with E-state index in [-0.39, 0.29) is 6.09 Å². The van der Waals surface area contributed by atoms with Crippen LogP contribution in [0.15, 0.2) is 0 Å². The van der Waals surface area contributed by atoms with E-state index in [1.165, 1.54) is 0 Å². The van der Waals surface area contributed by atoms with Crippen LogP contribution >= 0.6 is 0 Å². The molecule has 2 N–H and O–H groups in total. The third-order valence-corrected chi connectivity index (χ3v) is 1.92. The van der Waals surface area contributed by atoms with E-state index in [2.05, 4.69) is 10.6 Å². The maximum Gasteiger partial charge on any atom is 0.407 e. The fourth-order valence-corrected chi connectivity index (χ4v) is 1.21. The molecule has 0 spiro atoms. The van der Waals surface area contributed by atoms with Crippen molar-refractivity contribution in [1.82, 2.24) is 10.6 Å². The fraction of sp³-hybridized carbons (Fsp3) is 0.923. The number of carbonyl (C=O) groups excluding carboxylic acids is 1. The highest BCUT2D eigenvalue weighted by Crippen LogP contribution is 2.05. The van der Waals surface area contributed by atoms with Crippen LogP contribution in [-0.4, -0.2) is 44.0 Å². The molecule has 0 saturated heterocycles. The Kier molecular flexibility index (Phi) is 8.75. The molecule has 108 valence electrons. The summed E-state index contributed by atoms with van der Waals surface area (Å²) in [5, 5.41) is 5.92. The van der Waals surface area contributed by atoms with Crippen LogP contribution in [0, 0.1) is 0 Å². The summed E-state index contributed by atoms with van der Waals surface area (Å²) >= 11 is 0. The van der Waals surface area contributed by atoms with Crippen molar-refractivity contribution in [2.45, 2.75) is 52.7 Å². The first-order valence-corrected chi connectivity index (χ1v) is 6.60. The number of alkyl carbamates (subject to hydrolysis) is 1. The quantitative estimate of drug-likeness (QED) is 0.655. The molecule has 1 amide bonds. The molecular weight excluding hydrogens is 232 g/mol. The molecule has 0 fully saturated rings. The van der Waals surface area contributed by atoms with Crippen molar-refractivity contribution < 1.29 is 14.3 Å². The van der Waals surface area contributed by atoms with Crippen LogP contribution in [-0.2, 0) is 9.47 Å². The van der Waals surface area contributed by atoms with Gasteiger partial charge in [0.15, 0.2) is 0 Å². The van der Waals surface area contributed by atoms with Gasteiger partial charge in [-0.2, -0.15) is 0 Å². The van der Waals surface area contributed by atoms with Crippen LogP contribution < -0.4 is 10.6 Å². The van der Waals surface area contributed by atoms with Crippen LogP contribution in [0.2, 0.25) is 0 Å².